The van der Waals surface area contributed by atoms with E-state index in [0.29, 0.717) is 0 Å². The van der Waals surface area contributed by atoms with E-state index in [2.05, 4.69) is 0 Å². The second-order valence-corrected chi connectivity index (χ2v) is 6.53. The molecule has 0 atom stereocenters. The van der Waals surface area contributed by atoms with Gasteiger partial charge < -0.3 is 0 Å². The van der Waals surface area contributed by atoms with E-state index in [1.165, 1.54) is 18.2 Å². The standard InChI is InChI=1S/C13H6Cl2FNO2S/c14-8-4-5-10(15)13(6-8)20(18,19)12-3-1-2-11(16)9(12)7-17/h1-6H. The van der Waals surface area contributed by atoms with Gasteiger partial charge in [0.25, 0.3) is 0 Å². The van der Waals surface area contributed by atoms with Gasteiger partial charge in [0.15, 0.2) is 0 Å². The van der Waals surface area contributed by atoms with Crippen LogP contribution in [-0.4, -0.2) is 8.42 Å². The van der Waals surface area contributed by atoms with Crippen LogP contribution in [0.1, 0.15) is 5.56 Å². The van der Waals surface area contributed by atoms with E-state index in [9.17, 15) is 12.8 Å². The summed E-state index contributed by atoms with van der Waals surface area (Å²) in [5.41, 5.74) is -0.552. The van der Waals surface area contributed by atoms with Gasteiger partial charge in [-0.25, -0.2) is 12.8 Å². The highest BCUT2D eigenvalue weighted by molar-refractivity contribution is 7.91. The summed E-state index contributed by atoms with van der Waals surface area (Å²) in [7, 11) is -4.14. The van der Waals surface area contributed by atoms with E-state index in [1.54, 1.807) is 6.07 Å². The third kappa shape index (κ3) is 2.50. The van der Waals surface area contributed by atoms with E-state index < -0.39 is 26.1 Å². The minimum atomic E-state index is -4.14. The molecule has 7 heteroatoms. The fraction of sp³-hybridized carbons (Fsp3) is 0. The van der Waals surface area contributed by atoms with E-state index in [0.717, 1.165) is 18.2 Å². The topological polar surface area (TPSA) is 57.9 Å². The van der Waals surface area contributed by atoms with Crippen LogP contribution in [0.3, 0.4) is 0 Å². The Morgan fingerprint density at radius 3 is 2.45 bits per heavy atom. The second-order valence-electron chi connectivity index (χ2n) is 3.80. The predicted octanol–water partition coefficient (Wildman–Crippen LogP) is 3.84. The average Bonchev–Trinajstić information content (AvgIpc) is 2.41. The minimum Gasteiger partial charge on any atom is -0.218 e. The van der Waals surface area contributed by atoms with E-state index in [1.807, 2.05) is 0 Å². The van der Waals surface area contributed by atoms with Crippen LogP contribution in [0.15, 0.2) is 46.2 Å². The van der Waals surface area contributed by atoms with Gasteiger partial charge in [-0.3, -0.25) is 0 Å². The molecule has 0 aliphatic carbocycles. The van der Waals surface area contributed by atoms with Gasteiger partial charge in [-0.05, 0) is 30.3 Å². The molecule has 0 radical (unpaired) electrons. The number of halogens is 3. The van der Waals surface area contributed by atoms with Crippen molar-refractivity contribution in [3.63, 3.8) is 0 Å². The molecule has 0 unspecified atom stereocenters. The molecular formula is C13H6Cl2FNO2S. The summed E-state index contributed by atoms with van der Waals surface area (Å²) < 4.78 is 38.5. The van der Waals surface area contributed by atoms with Crippen LogP contribution in [0.25, 0.3) is 0 Å². The molecule has 0 heterocycles. The van der Waals surface area contributed by atoms with Gasteiger partial charge in [-0.15, -0.1) is 0 Å². The molecule has 2 rings (SSSR count). The summed E-state index contributed by atoms with van der Waals surface area (Å²) in [6.07, 6.45) is 0. The molecule has 102 valence electrons. The zero-order valence-corrected chi connectivity index (χ0v) is 12.1. The van der Waals surface area contributed by atoms with Gasteiger partial charge in [-0.1, -0.05) is 29.3 Å². The second kappa shape index (κ2) is 5.41. The molecule has 2 aromatic carbocycles. The molecule has 0 bridgehead atoms. The number of nitrogens with zero attached hydrogens (tertiary/aromatic N) is 1. The zero-order valence-electron chi connectivity index (χ0n) is 9.77. The van der Waals surface area contributed by atoms with Crippen LogP contribution in [0.4, 0.5) is 4.39 Å². The molecule has 0 aromatic heterocycles. The molecule has 0 fully saturated rings. The van der Waals surface area contributed by atoms with E-state index >= 15 is 0 Å². The third-order valence-electron chi connectivity index (χ3n) is 2.56. The fourth-order valence-corrected chi connectivity index (χ4v) is 3.81. The number of hydrogen-bond donors (Lipinski definition) is 0. The average molecular weight is 330 g/mol. The molecule has 3 nitrogen and oxygen atoms in total. The number of benzene rings is 2. The first kappa shape index (κ1) is 14.8. The lowest BCUT2D eigenvalue weighted by molar-refractivity contribution is 0.589. The third-order valence-corrected chi connectivity index (χ3v) is 5.07. The van der Waals surface area contributed by atoms with Crippen LogP contribution in [0.2, 0.25) is 10.0 Å². The Hall–Kier alpha value is -1.61. The van der Waals surface area contributed by atoms with Gasteiger partial charge in [0.2, 0.25) is 9.84 Å². The summed E-state index contributed by atoms with van der Waals surface area (Å²) in [5, 5.41) is 9.04. The Balaban J connectivity index is 2.78. The quantitative estimate of drug-likeness (QED) is 0.841. The van der Waals surface area contributed by atoms with Crippen LogP contribution in [0.5, 0.6) is 0 Å². The largest absolute Gasteiger partial charge is 0.218 e. The number of nitriles is 1. The first-order chi connectivity index (χ1) is 9.37. The predicted molar refractivity (Wildman–Crippen MR) is 73.0 cm³/mol. The lowest BCUT2D eigenvalue weighted by atomic mass is 10.2. The van der Waals surface area contributed by atoms with Crippen LogP contribution >= 0.6 is 23.2 Å². The Kier molecular flexibility index (Phi) is 4.00. The van der Waals surface area contributed by atoms with Crippen LogP contribution < -0.4 is 0 Å². The summed E-state index contributed by atoms with van der Waals surface area (Å²) in [4.78, 5) is -0.710. The van der Waals surface area contributed by atoms with Gasteiger partial charge in [0.1, 0.15) is 17.4 Å². The highest BCUT2D eigenvalue weighted by atomic mass is 35.5. The maximum absolute atomic E-state index is 13.5. The molecule has 0 spiro atoms. The van der Waals surface area contributed by atoms with Crippen molar-refractivity contribution in [2.45, 2.75) is 9.79 Å². The van der Waals surface area contributed by atoms with Crippen molar-refractivity contribution in [1.29, 1.82) is 5.26 Å². The molecule has 0 N–H and O–H groups in total. The van der Waals surface area contributed by atoms with Crippen molar-refractivity contribution in [3.8, 4) is 6.07 Å². The highest BCUT2D eigenvalue weighted by Gasteiger charge is 2.26. The molecule has 0 saturated carbocycles. The van der Waals surface area contributed by atoms with Crippen molar-refractivity contribution in [2.75, 3.05) is 0 Å². The zero-order chi connectivity index (χ0) is 14.9. The van der Waals surface area contributed by atoms with E-state index in [-0.39, 0.29) is 14.9 Å². The molecule has 20 heavy (non-hydrogen) atoms. The van der Waals surface area contributed by atoms with Crippen molar-refractivity contribution < 1.29 is 12.8 Å². The van der Waals surface area contributed by atoms with Gasteiger partial charge in [0, 0.05) is 5.02 Å². The van der Waals surface area contributed by atoms with Crippen molar-refractivity contribution >= 4 is 33.0 Å². The van der Waals surface area contributed by atoms with Crippen LogP contribution in [-0.2, 0) is 9.84 Å². The first-order valence-electron chi connectivity index (χ1n) is 5.26. The SMILES string of the molecule is N#Cc1c(F)cccc1S(=O)(=O)c1cc(Cl)ccc1Cl. The van der Waals surface area contributed by atoms with Gasteiger partial charge in [-0.2, -0.15) is 5.26 Å². The van der Waals surface area contributed by atoms with Crippen LogP contribution in [0, 0.1) is 17.1 Å². The smallest absolute Gasteiger partial charge is 0.209 e. The monoisotopic (exact) mass is 329 g/mol. The maximum atomic E-state index is 13.5. The highest BCUT2D eigenvalue weighted by Crippen LogP contribution is 2.32. The first-order valence-corrected chi connectivity index (χ1v) is 7.50. The Morgan fingerprint density at radius 1 is 1.10 bits per heavy atom. The van der Waals surface area contributed by atoms with E-state index in [4.69, 9.17) is 28.5 Å². The summed E-state index contributed by atoms with van der Waals surface area (Å²) in [6.45, 7) is 0. The Bertz CT molecular complexity index is 829. The fourth-order valence-electron chi connectivity index (χ4n) is 1.64. The lowest BCUT2D eigenvalue weighted by Gasteiger charge is -2.09. The minimum absolute atomic E-state index is 0.0532. The molecule has 0 aliphatic rings. The maximum Gasteiger partial charge on any atom is 0.209 e. The normalized spacial score (nSPS) is 11.1. The van der Waals surface area contributed by atoms with Crippen molar-refractivity contribution in [3.05, 3.63) is 57.8 Å². The molecule has 2 aromatic rings. The lowest BCUT2D eigenvalue weighted by Crippen LogP contribution is -2.06. The van der Waals surface area contributed by atoms with Crippen molar-refractivity contribution in [1.82, 2.24) is 0 Å². The summed E-state index contributed by atoms with van der Waals surface area (Å²) >= 11 is 11.6. The Labute approximate surface area is 125 Å². The summed E-state index contributed by atoms with van der Waals surface area (Å²) in [5.74, 6) is -0.910. The number of rotatable bonds is 2. The molecule has 0 aliphatic heterocycles. The van der Waals surface area contributed by atoms with Gasteiger partial charge >= 0.3 is 0 Å². The molecule has 0 amide bonds. The number of sulfone groups is 1. The molecular weight excluding hydrogens is 324 g/mol. The van der Waals surface area contributed by atoms with Crippen molar-refractivity contribution in [2.24, 2.45) is 0 Å². The number of hydrogen-bond acceptors (Lipinski definition) is 3. The molecule has 0 saturated heterocycles. The van der Waals surface area contributed by atoms with Gasteiger partial charge in [0.05, 0.1) is 14.8 Å². The summed E-state index contributed by atoms with van der Waals surface area (Å²) in [6, 6.07) is 8.82. The Morgan fingerprint density at radius 2 is 1.80 bits per heavy atom.